The molecule has 2 nitrogen and oxygen atoms in total. The molecule has 0 fully saturated rings. The van der Waals surface area contributed by atoms with Gasteiger partial charge in [0.05, 0.1) is 16.9 Å². The molecule has 0 saturated heterocycles. The monoisotopic (exact) mass is 289 g/mol. The van der Waals surface area contributed by atoms with Gasteiger partial charge in [-0.05, 0) is 30.3 Å². The van der Waals surface area contributed by atoms with Crippen molar-refractivity contribution in [2.24, 2.45) is 0 Å². The number of hydrogen-bond acceptors (Lipinski definition) is 2. The number of pyridine rings is 1. The predicted molar refractivity (Wildman–Crippen MR) is 66.3 cm³/mol. The van der Waals surface area contributed by atoms with Crippen molar-refractivity contribution >= 4 is 23.2 Å². The lowest BCUT2D eigenvalue weighted by molar-refractivity contribution is -0.0500. The molecule has 0 amide bonds. The van der Waals surface area contributed by atoms with E-state index in [0.29, 0.717) is 21.3 Å². The molecule has 0 aliphatic rings. The van der Waals surface area contributed by atoms with Crippen molar-refractivity contribution in [2.75, 3.05) is 0 Å². The van der Waals surface area contributed by atoms with Crippen molar-refractivity contribution in [3.05, 3.63) is 46.6 Å². The van der Waals surface area contributed by atoms with Gasteiger partial charge in [0.2, 0.25) is 0 Å². The summed E-state index contributed by atoms with van der Waals surface area (Å²) in [7, 11) is 0. The maximum absolute atomic E-state index is 12.0. The van der Waals surface area contributed by atoms with Crippen LogP contribution in [0.1, 0.15) is 0 Å². The van der Waals surface area contributed by atoms with Crippen LogP contribution in [0.4, 0.5) is 8.78 Å². The molecule has 18 heavy (non-hydrogen) atoms. The lowest BCUT2D eigenvalue weighted by Gasteiger charge is -2.06. The highest BCUT2D eigenvalue weighted by Gasteiger charge is 2.08. The number of rotatable bonds is 3. The Hall–Kier alpha value is -1.39. The first kappa shape index (κ1) is 13.1. The van der Waals surface area contributed by atoms with E-state index in [1.807, 2.05) is 0 Å². The summed E-state index contributed by atoms with van der Waals surface area (Å²) in [4.78, 5) is 4.00. The van der Waals surface area contributed by atoms with Crippen LogP contribution in [0.2, 0.25) is 10.0 Å². The molecule has 2 aromatic rings. The molecule has 1 aromatic carbocycles. The Morgan fingerprint density at radius 3 is 2.50 bits per heavy atom. The summed E-state index contributed by atoms with van der Waals surface area (Å²) < 4.78 is 28.1. The summed E-state index contributed by atoms with van der Waals surface area (Å²) in [5.41, 5.74) is 1.16. The van der Waals surface area contributed by atoms with Gasteiger partial charge in [-0.1, -0.05) is 23.2 Å². The van der Waals surface area contributed by atoms with Crippen molar-refractivity contribution in [3.63, 3.8) is 0 Å². The summed E-state index contributed by atoms with van der Waals surface area (Å²) in [6, 6.07) is 7.88. The van der Waals surface area contributed by atoms with Gasteiger partial charge in [0.1, 0.15) is 5.75 Å². The van der Waals surface area contributed by atoms with Gasteiger partial charge in [-0.3, -0.25) is 4.98 Å². The molecule has 0 saturated carbocycles. The lowest BCUT2D eigenvalue weighted by atomic mass is 10.1. The van der Waals surface area contributed by atoms with Gasteiger partial charge in [0.15, 0.2) is 0 Å². The minimum absolute atomic E-state index is 0.00750. The fraction of sp³-hybridized carbons (Fsp3) is 0.0833. The fourth-order valence-corrected chi connectivity index (χ4v) is 1.79. The number of aromatic nitrogens is 1. The molecular formula is C12H7Cl2F2NO. The molecule has 0 N–H and O–H groups in total. The molecule has 0 radical (unpaired) electrons. The average molecular weight is 290 g/mol. The minimum atomic E-state index is -2.87. The molecule has 0 atom stereocenters. The number of benzene rings is 1. The molecule has 1 heterocycles. The Morgan fingerprint density at radius 1 is 1.11 bits per heavy atom. The SMILES string of the molecule is FC(F)Oc1ccc(-c2cc(Cl)ccc2Cl)nc1. The zero-order valence-corrected chi connectivity index (χ0v) is 10.4. The van der Waals surface area contributed by atoms with Crippen LogP contribution in [-0.4, -0.2) is 11.6 Å². The molecule has 6 heteroatoms. The van der Waals surface area contributed by atoms with E-state index in [0.717, 1.165) is 0 Å². The molecule has 0 bridgehead atoms. The largest absolute Gasteiger partial charge is 0.433 e. The average Bonchev–Trinajstić information content (AvgIpc) is 2.33. The maximum Gasteiger partial charge on any atom is 0.387 e. The summed E-state index contributed by atoms with van der Waals surface area (Å²) in [5, 5.41) is 0.999. The number of alkyl halides is 2. The second kappa shape index (κ2) is 5.50. The molecule has 0 unspecified atom stereocenters. The van der Waals surface area contributed by atoms with E-state index in [9.17, 15) is 8.78 Å². The summed E-state index contributed by atoms with van der Waals surface area (Å²) in [6.07, 6.45) is 1.21. The number of halogens is 4. The Labute approximate surface area is 112 Å². The van der Waals surface area contributed by atoms with Gasteiger partial charge < -0.3 is 4.74 Å². The van der Waals surface area contributed by atoms with Crippen LogP contribution in [0, 0.1) is 0 Å². The zero-order valence-electron chi connectivity index (χ0n) is 8.91. The van der Waals surface area contributed by atoms with Crippen LogP contribution < -0.4 is 4.74 Å². The van der Waals surface area contributed by atoms with Crippen molar-refractivity contribution in [3.8, 4) is 17.0 Å². The third-order valence-electron chi connectivity index (χ3n) is 2.17. The third kappa shape index (κ3) is 3.09. The van der Waals surface area contributed by atoms with Crippen molar-refractivity contribution in [2.45, 2.75) is 6.61 Å². The quantitative estimate of drug-likeness (QED) is 0.820. The molecule has 0 aliphatic heterocycles. The van der Waals surface area contributed by atoms with Gasteiger partial charge in [0.25, 0.3) is 0 Å². The molecule has 0 aliphatic carbocycles. The fourth-order valence-electron chi connectivity index (χ4n) is 1.41. The summed E-state index contributed by atoms with van der Waals surface area (Å²) >= 11 is 11.9. The molecule has 94 valence electrons. The lowest BCUT2D eigenvalue weighted by Crippen LogP contribution is -2.02. The van der Waals surface area contributed by atoms with Gasteiger partial charge in [-0.25, -0.2) is 0 Å². The minimum Gasteiger partial charge on any atom is -0.433 e. The van der Waals surface area contributed by atoms with E-state index in [1.165, 1.54) is 18.3 Å². The summed E-state index contributed by atoms with van der Waals surface area (Å²) in [5.74, 6) is -0.00750. The molecule has 1 aromatic heterocycles. The Bertz CT molecular complexity index is 546. The molecular weight excluding hydrogens is 283 g/mol. The molecule has 2 rings (SSSR count). The Morgan fingerprint density at radius 2 is 1.89 bits per heavy atom. The van der Waals surface area contributed by atoms with Crippen LogP contribution in [0.3, 0.4) is 0 Å². The van der Waals surface area contributed by atoms with E-state index >= 15 is 0 Å². The van der Waals surface area contributed by atoms with Crippen LogP contribution in [-0.2, 0) is 0 Å². The van der Waals surface area contributed by atoms with Crippen molar-refractivity contribution < 1.29 is 13.5 Å². The van der Waals surface area contributed by atoms with Crippen LogP contribution in [0.5, 0.6) is 5.75 Å². The standard InChI is InChI=1S/C12H7Cl2F2NO/c13-7-1-3-10(14)9(5-7)11-4-2-8(6-17-11)18-12(15)16/h1-6,12H. The zero-order chi connectivity index (χ0) is 13.1. The number of nitrogens with zero attached hydrogens (tertiary/aromatic N) is 1. The first-order valence-corrected chi connectivity index (χ1v) is 5.68. The number of hydrogen-bond donors (Lipinski definition) is 0. The summed E-state index contributed by atoms with van der Waals surface area (Å²) in [6.45, 7) is -2.87. The highest BCUT2D eigenvalue weighted by Crippen LogP contribution is 2.30. The first-order chi connectivity index (χ1) is 8.56. The topological polar surface area (TPSA) is 22.1 Å². The van der Waals surface area contributed by atoms with Crippen molar-refractivity contribution in [1.29, 1.82) is 0 Å². The normalized spacial score (nSPS) is 10.7. The van der Waals surface area contributed by atoms with Crippen LogP contribution in [0.25, 0.3) is 11.3 Å². The Balaban J connectivity index is 2.31. The highest BCUT2D eigenvalue weighted by atomic mass is 35.5. The second-order valence-corrected chi connectivity index (χ2v) is 4.23. The first-order valence-electron chi connectivity index (χ1n) is 4.92. The van der Waals surface area contributed by atoms with Gasteiger partial charge in [0, 0.05) is 10.6 Å². The van der Waals surface area contributed by atoms with E-state index in [2.05, 4.69) is 9.72 Å². The van der Waals surface area contributed by atoms with Crippen molar-refractivity contribution in [1.82, 2.24) is 4.98 Å². The van der Waals surface area contributed by atoms with E-state index in [4.69, 9.17) is 23.2 Å². The third-order valence-corrected chi connectivity index (χ3v) is 2.73. The molecule has 0 spiro atoms. The van der Waals surface area contributed by atoms with Gasteiger partial charge >= 0.3 is 6.61 Å². The number of ether oxygens (including phenoxy) is 1. The smallest absolute Gasteiger partial charge is 0.387 e. The van der Waals surface area contributed by atoms with E-state index < -0.39 is 6.61 Å². The predicted octanol–water partition coefficient (Wildman–Crippen LogP) is 4.66. The second-order valence-electron chi connectivity index (χ2n) is 3.38. The maximum atomic E-state index is 12.0. The van der Waals surface area contributed by atoms with Gasteiger partial charge in [-0.15, -0.1) is 0 Å². The Kier molecular flexibility index (Phi) is 3.99. The van der Waals surface area contributed by atoms with E-state index in [1.54, 1.807) is 18.2 Å². The van der Waals surface area contributed by atoms with Crippen LogP contribution >= 0.6 is 23.2 Å². The van der Waals surface area contributed by atoms with Crippen LogP contribution in [0.15, 0.2) is 36.5 Å². The highest BCUT2D eigenvalue weighted by molar-refractivity contribution is 6.35. The van der Waals surface area contributed by atoms with E-state index in [-0.39, 0.29) is 5.75 Å². The van der Waals surface area contributed by atoms with Gasteiger partial charge in [-0.2, -0.15) is 8.78 Å².